The van der Waals surface area contributed by atoms with Crippen molar-refractivity contribution in [1.29, 1.82) is 0 Å². The minimum absolute atomic E-state index is 0.0693. The number of hydrogen-bond acceptors (Lipinski definition) is 5. The van der Waals surface area contributed by atoms with Crippen molar-refractivity contribution in [3.8, 4) is 0 Å². The van der Waals surface area contributed by atoms with Gasteiger partial charge >= 0.3 is 0 Å². The second-order valence-electron chi connectivity index (χ2n) is 6.52. The highest BCUT2D eigenvalue weighted by molar-refractivity contribution is 7.96. The van der Waals surface area contributed by atoms with Gasteiger partial charge in [0.25, 0.3) is 0 Å². The maximum atomic E-state index is 13.1. The summed E-state index contributed by atoms with van der Waals surface area (Å²) in [6, 6.07) is 12.9. The van der Waals surface area contributed by atoms with Crippen molar-refractivity contribution in [3.63, 3.8) is 0 Å². The molecule has 1 fully saturated rings. The number of nitrogens with one attached hydrogen (secondary N) is 1. The summed E-state index contributed by atoms with van der Waals surface area (Å²) in [6.45, 7) is 1.86. The molecule has 26 heavy (non-hydrogen) atoms. The number of halogens is 1. The zero-order valence-electron chi connectivity index (χ0n) is 14.2. The Morgan fingerprint density at radius 1 is 1.04 bits per heavy atom. The first kappa shape index (κ1) is 19.0. The molecular weight excluding hydrogens is 377 g/mol. The molecule has 1 unspecified atom stereocenters. The van der Waals surface area contributed by atoms with Crippen LogP contribution in [0.2, 0.25) is 0 Å². The lowest BCUT2D eigenvalue weighted by Crippen LogP contribution is -2.44. The Balaban J connectivity index is 1.90. The second-order valence-corrected chi connectivity index (χ2v) is 10.8. The van der Waals surface area contributed by atoms with Crippen LogP contribution < -0.4 is 5.32 Å². The topological polar surface area (TPSA) is 80.3 Å². The van der Waals surface area contributed by atoms with Crippen LogP contribution in [0.1, 0.15) is 18.5 Å². The van der Waals surface area contributed by atoms with Crippen molar-refractivity contribution in [2.75, 3.05) is 11.5 Å². The fraction of sp³-hybridized carbons (Fsp3) is 0.333. The predicted octanol–water partition coefficient (Wildman–Crippen LogP) is 2.12. The van der Waals surface area contributed by atoms with E-state index in [1.165, 1.54) is 12.1 Å². The molecule has 5 nitrogen and oxygen atoms in total. The Hall–Kier alpha value is -1.77. The predicted molar refractivity (Wildman–Crippen MR) is 97.8 cm³/mol. The first-order valence-corrected chi connectivity index (χ1v) is 11.6. The van der Waals surface area contributed by atoms with Gasteiger partial charge < -0.3 is 5.32 Å². The Labute approximate surface area is 153 Å². The van der Waals surface area contributed by atoms with Gasteiger partial charge in [-0.25, -0.2) is 21.2 Å². The summed E-state index contributed by atoms with van der Waals surface area (Å²) in [5, 5.41) is 2.05. The normalized spacial score (nSPS) is 23.6. The minimum atomic E-state index is -3.91. The van der Waals surface area contributed by atoms with Crippen LogP contribution in [-0.2, 0) is 19.7 Å². The molecule has 0 aromatic heterocycles. The summed E-state index contributed by atoms with van der Waals surface area (Å²) in [5.74, 6) is -1.23. The molecule has 1 saturated heterocycles. The molecular formula is C18H20FNO4S2. The molecule has 3 rings (SSSR count). The quantitative estimate of drug-likeness (QED) is 0.782. The van der Waals surface area contributed by atoms with Crippen molar-refractivity contribution < 1.29 is 21.2 Å². The van der Waals surface area contributed by atoms with E-state index in [4.69, 9.17) is 0 Å². The van der Waals surface area contributed by atoms with Gasteiger partial charge in [0, 0.05) is 12.1 Å². The van der Waals surface area contributed by atoms with Gasteiger partial charge in [-0.05, 0) is 36.8 Å². The zero-order chi connectivity index (χ0) is 18.9. The largest absolute Gasteiger partial charge is 0.305 e. The molecule has 140 valence electrons. The summed E-state index contributed by atoms with van der Waals surface area (Å²) in [4.78, 5) is -0.0693. The zero-order valence-corrected chi connectivity index (χ0v) is 15.8. The highest BCUT2D eigenvalue weighted by Gasteiger charge is 2.46. The fourth-order valence-corrected chi connectivity index (χ4v) is 7.91. The van der Waals surface area contributed by atoms with Crippen LogP contribution in [-0.4, -0.2) is 39.6 Å². The number of benzene rings is 2. The average molecular weight is 397 g/mol. The molecule has 1 aliphatic rings. The van der Waals surface area contributed by atoms with E-state index < -0.39 is 42.5 Å². The molecule has 1 N–H and O–H groups in total. The van der Waals surface area contributed by atoms with Gasteiger partial charge in [-0.1, -0.05) is 30.3 Å². The monoisotopic (exact) mass is 397 g/mol. The number of rotatable bonds is 5. The Bertz CT molecular complexity index is 974. The molecule has 0 amide bonds. The lowest BCUT2D eigenvalue weighted by Gasteiger charge is -2.24. The first-order valence-electron chi connectivity index (χ1n) is 8.20. The van der Waals surface area contributed by atoms with Gasteiger partial charge in [0.05, 0.1) is 21.7 Å². The van der Waals surface area contributed by atoms with Crippen LogP contribution in [0.3, 0.4) is 0 Å². The van der Waals surface area contributed by atoms with Gasteiger partial charge in [-0.3, -0.25) is 0 Å². The summed E-state index contributed by atoms with van der Waals surface area (Å²) in [7, 11) is -7.40. The van der Waals surface area contributed by atoms with Crippen molar-refractivity contribution in [2.45, 2.75) is 29.2 Å². The van der Waals surface area contributed by atoms with E-state index in [1.54, 1.807) is 0 Å². The Morgan fingerprint density at radius 3 is 2.27 bits per heavy atom. The molecule has 3 atom stereocenters. The van der Waals surface area contributed by atoms with Crippen LogP contribution in [0, 0.1) is 5.82 Å². The lowest BCUT2D eigenvalue weighted by atomic mass is 10.1. The van der Waals surface area contributed by atoms with E-state index in [0.717, 1.165) is 17.7 Å². The van der Waals surface area contributed by atoms with Crippen molar-refractivity contribution in [3.05, 3.63) is 66.0 Å². The molecule has 0 radical (unpaired) electrons. The lowest BCUT2D eigenvalue weighted by molar-refractivity contribution is 0.475. The van der Waals surface area contributed by atoms with E-state index in [2.05, 4.69) is 5.32 Å². The van der Waals surface area contributed by atoms with Crippen LogP contribution >= 0.6 is 0 Å². The highest BCUT2D eigenvalue weighted by atomic mass is 32.2. The molecule has 0 saturated carbocycles. The smallest absolute Gasteiger partial charge is 0.183 e. The SMILES string of the molecule is CC(N[C@H]1CS(=O)(=O)C[C@@H]1S(=O)(=O)c1ccc(F)cc1)c1ccccc1. The van der Waals surface area contributed by atoms with Crippen molar-refractivity contribution in [2.24, 2.45) is 0 Å². The number of hydrogen-bond donors (Lipinski definition) is 1. The van der Waals surface area contributed by atoms with E-state index in [1.807, 2.05) is 37.3 Å². The molecule has 0 bridgehead atoms. The minimum Gasteiger partial charge on any atom is -0.305 e. The summed E-state index contributed by atoms with van der Waals surface area (Å²) in [5.41, 5.74) is 0.940. The molecule has 2 aromatic rings. The number of sulfone groups is 2. The van der Waals surface area contributed by atoms with Crippen LogP contribution in [0.4, 0.5) is 4.39 Å². The Kier molecular flexibility index (Phi) is 5.18. The molecule has 1 heterocycles. The third-order valence-electron chi connectivity index (χ3n) is 4.60. The Morgan fingerprint density at radius 2 is 1.65 bits per heavy atom. The molecule has 0 spiro atoms. The maximum absolute atomic E-state index is 13.1. The van der Waals surface area contributed by atoms with Gasteiger partial charge in [-0.2, -0.15) is 0 Å². The second kappa shape index (κ2) is 7.09. The van der Waals surface area contributed by atoms with Gasteiger partial charge in [-0.15, -0.1) is 0 Å². The van der Waals surface area contributed by atoms with E-state index >= 15 is 0 Å². The van der Waals surface area contributed by atoms with Crippen molar-refractivity contribution in [1.82, 2.24) is 5.32 Å². The van der Waals surface area contributed by atoms with Crippen molar-refractivity contribution >= 4 is 19.7 Å². The van der Waals surface area contributed by atoms with Crippen LogP contribution in [0.5, 0.6) is 0 Å². The van der Waals surface area contributed by atoms with E-state index in [0.29, 0.717) is 0 Å². The van der Waals surface area contributed by atoms with Gasteiger partial charge in [0.2, 0.25) is 0 Å². The maximum Gasteiger partial charge on any atom is 0.183 e. The molecule has 1 aliphatic heterocycles. The highest BCUT2D eigenvalue weighted by Crippen LogP contribution is 2.28. The first-order chi connectivity index (χ1) is 12.2. The fourth-order valence-electron chi connectivity index (χ4n) is 3.23. The standard InChI is InChI=1S/C18H20FNO4S2/c1-13(14-5-3-2-4-6-14)20-17-11-25(21,22)12-18(17)26(23,24)16-9-7-15(19)8-10-16/h2-10,13,17-18,20H,11-12H2,1H3/t13?,17-,18-/m0/s1. The molecule has 0 aliphatic carbocycles. The van der Waals surface area contributed by atoms with Crippen LogP contribution in [0.15, 0.2) is 59.5 Å². The third kappa shape index (κ3) is 3.97. The van der Waals surface area contributed by atoms with E-state index in [-0.39, 0.29) is 16.7 Å². The van der Waals surface area contributed by atoms with Crippen LogP contribution in [0.25, 0.3) is 0 Å². The summed E-state index contributed by atoms with van der Waals surface area (Å²) >= 11 is 0. The van der Waals surface area contributed by atoms with Gasteiger partial charge in [0.15, 0.2) is 19.7 Å². The molecule has 8 heteroatoms. The third-order valence-corrected chi connectivity index (χ3v) is 8.77. The average Bonchev–Trinajstić information content (AvgIpc) is 2.91. The molecule has 2 aromatic carbocycles. The summed E-state index contributed by atoms with van der Waals surface area (Å²) < 4.78 is 63.3. The summed E-state index contributed by atoms with van der Waals surface area (Å²) in [6.07, 6.45) is 0. The van der Waals surface area contributed by atoms with E-state index in [9.17, 15) is 21.2 Å². The van der Waals surface area contributed by atoms with Gasteiger partial charge in [0.1, 0.15) is 5.82 Å².